The topological polar surface area (TPSA) is 69.0 Å². The summed E-state index contributed by atoms with van der Waals surface area (Å²) in [4.78, 5) is 12.4. The second kappa shape index (κ2) is 8.53. The van der Waals surface area contributed by atoms with E-state index in [-0.39, 0.29) is 11.2 Å². The molecule has 134 valence electrons. The van der Waals surface area contributed by atoms with Crippen LogP contribution in [0.5, 0.6) is 11.5 Å². The quantitative estimate of drug-likeness (QED) is 0.633. The number of nitrogens with one attached hydrogen (secondary N) is 1. The first kappa shape index (κ1) is 18.0. The number of rotatable bonds is 7. The molecular formula is C19H20N4O2S. The Balaban J connectivity index is 1.57. The molecule has 1 amide bonds. The number of para-hydroxylation sites is 1. The smallest absolute Gasteiger partial charge is 0.237 e. The molecule has 0 aliphatic carbocycles. The second-order valence-electron chi connectivity index (χ2n) is 5.59. The molecule has 3 aromatic rings. The Morgan fingerprint density at radius 2 is 1.85 bits per heavy atom. The molecule has 1 heterocycles. The Morgan fingerprint density at radius 1 is 1.15 bits per heavy atom. The van der Waals surface area contributed by atoms with Crippen molar-refractivity contribution in [2.24, 2.45) is 0 Å². The van der Waals surface area contributed by atoms with Crippen LogP contribution in [-0.2, 0) is 11.3 Å². The maximum atomic E-state index is 12.4. The molecule has 0 bridgehead atoms. The molecule has 2 aromatic carbocycles. The highest BCUT2D eigenvalue weighted by Crippen LogP contribution is 2.24. The highest BCUT2D eigenvalue weighted by atomic mass is 32.2. The zero-order valence-electron chi connectivity index (χ0n) is 14.6. The molecule has 6 nitrogen and oxygen atoms in total. The number of anilines is 1. The lowest BCUT2D eigenvalue weighted by atomic mass is 10.3. The Morgan fingerprint density at radius 3 is 2.54 bits per heavy atom. The van der Waals surface area contributed by atoms with Crippen LogP contribution in [0.25, 0.3) is 0 Å². The average Bonchev–Trinajstić information content (AvgIpc) is 3.11. The molecule has 26 heavy (non-hydrogen) atoms. The molecule has 0 spiro atoms. The zero-order valence-corrected chi connectivity index (χ0v) is 15.4. The van der Waals surface area contributed by atoms with Gasteiger partial charge in [-0.2, -0.15) is 0 Å². The van der Waals surface area contributed by atoms with Crippen molar-refractivity contribution in [1.82, 2.24) is 14.8 Å². The van der Waals surface area contributed by atoms with Crippen molar-refractivity contribution in [2.75, 3.05) is 5.32 Å². The molecule has 0 radical (unpaired) electrons. The summed E-state index contributed by atoms with van der Waals surface area (Å²) in [5.41, 5.74) is 0.722. The van der Waals surface area contributed by atoms with E-state index in [4.69, 9.17) is 4.74 Å². The van der Waals surface area contributed by atoms with Gasteiger partial charge >= 0.3 is 0 Å². The molecule has 0 saturated heterocycles. The van der Waals surface area contributed by atoms with E-state index < -0.39 is 0 Å². The van der Waals surface area contributed by atoms with E-state index in [9.17, 15) is 4.79 Å². The van der Waals surface area contributed by atoms with Crippen molar-refractivity contribution >= 4 is 23.4 Å². The van der Waals surface area contributed by atoms with Crippen LogP contribution in [0.2, 0.25) is 0 Å². The number of carbonyl (C=O) groups is 1. The molecule has 0 saturated carbocycles. The Labute approximate surface area is 156 Å². The lowest BCUT2D eigenvalue weighted by Gasteiger charge is -2.12. The van der Waals surface area contributed by atoms with Gasteiger partial charge in [-0.3, -0.25) is 4.79 Å². The third-order valence-corrected chi connectivity index (χ3v) is 4.77. The summed E-state index contributed by atoms with van der Waals surface area (Å²) in [6.45, 7) is 4.63. The maximum Gasteiger partial charge on any atom is 0.237 e. The van der Waals surface area contributed by atoms with Gasteiger partial charge in [0, 0.05) is 12.2 Å². The van der Waals surface area contributed by atoms with E-state index in [0.717, 1.165) is 23.1 Å². The van der Waals surface area contributed by atoms with Crippen molar-refractivity contribution in [3.8, 4) is 11.5 Å². The summed E-state index contributed by atoms with van der Waals surface area (Å²) in [5, 5.41) is 11.3. The Bertz CT molecular complexity index is 849. The maximum absolute atomic E-state index is 12.4. The van der Waals surface area contributed by atoms with Crippen molar-refractivity contribution in [3.05, 3.63) is 60.9 Å². The van der Waals surface area contributed by atoms with Gasteiger partial charge in [0.1, 0.15) is 17.8 Å². The molecule has 0 unspecified atom stereocenters. The van der Waals surface area contributed by atoms with E-state index in [0.29, 0.717) is 5.75 Å². The summed E-state index contributed by atoms with van der Waals surface area (Å²) in [7, 11) is 0. The molecule has 0 aliphatic rings. The van der Waals surface area contributed by atoms with Crippen molar-refractivity contribution < 1.29 is 9.53 Å². The van der Waals surface area contributed by atoms with Crippen molar-refractivity contribution in [2.45, 2.75) is 30.8 Å². The number of amides is 1. The van der Waals surface area contributed by atoms with Crippen LogP contribution in [0.4, 0.5) is 5.69 Å². The average molecular weight is 368 g/mol. The third-order valence-electron chi connectivity index (χ3n) is 3.67. The SMILES string of the molecule is CCn1cnnc1S[C@H](C)C(=O)Nc1ccc(Oc2ccccc2)cc1. The van der Waals surface area contributed by atoms with Crippen molar-refractivity contribution in [1.29, 1.82) is 0 Å². The van der Waals surface area contributed by atoms with Crippen LogP contribution in [0.3, 0.4) is 0 Å². The highest BCUT2D eigenvalue weighted by molar-refractivity contribution is 8.00. The fourth-order valence-corrected chi connectivity index (χ4v) is 3.13. The van der Waals surface area contributed by atoms with Crippen LogP contribution < -0.4 is 10.1 Å². The molecule has 1 N–H and O–H groups in total. The fraction of sp³-hybridized carbons (Fsp3) is 0.211. The van der Waals surface area contributed by atoms with E-state index >= 15 is 0 Å². The number of hydrogen-bond acceptors (Lipinski definition) is 5. The van der Waals surface area contributed by atoms with E-state index in [1.165, 1.54) is 11.8 Å². The first-order valence-corrected chi connectivity index (χ1v) is 9.22. The number of aromatic nitrogens is 3. The van der Waals surface area contributed by atoms with Gasteiger partial charge in [0.05, 0.1) is 5.25 Å². The van der Waals surface area contributed by atoms with Gasteiger partial charge in [0.2, 0.25) is 5.91 Å². The summed E-state index contributed by atoms with van der Waals surface area (Å²) in [6, 6.07) is 16.9. The van der Waals surface area contributed by atoms with Crippen LogP contribution in [0.1, 0.15) is 13.8 Å². The summed E-state index contributed by atoms with van der Waals surface area (Å²) in [5.74, 6) is 1.40. The van der Waals surface area contributed by atoms with E-state index in [2.05, 4.69) is 15.5 Å². The number of aryl methyl sites for hydroxylation is 1. The largest absolute Gasteiger partial charge is 0.457 e. The number of thioether (sulfide) groups is 1. The monoisotopic (exact) mass is 368 g/mol. The van der Waals surface area contributed by atoms with Crippen LogP contribution in [-0.4, -0.2) is 25.9 Å². The number of carbonyl (C=O) groups excluding carboxylic acids is 1. The standard InChI is InChI=1S/C19H20N4O2S/c1-3-23-13-20-22-19(23)26-14(2)18(24)21-15-9-11-17(12-10-15)25-16-7-5-4-6-8-16/h4-14H,3H2,1-2H3,(H,21,24)/t14-/m1/s1. The number of benzene rings is 2. The third kappa shape index (κ3) is 4.64. The van der Waals surface area contributed by atoms with Crippen LogP contribution >= 0.6 is 11.8 Å². The van der Waals surface area contributed by atoms with Gasteiger partial charge in [0.15, 0.2) is 5.16 Å². The van der Waals surface area contributed by atoms with Crippen molar-refractivity contribution in [3.63, 3.8) is 0 Å². The minimum Gasteiger partial charge on any atom is -0.457 e. The van der Waals surface area contributed by atoms with Crippen LogP contribution in [0, 0.1) is 0 Å². The van der Waals surface area contributed by atoms with Crippen LogP contribution in [0.15, 0.2) is 66.1 Å². The molecule has 0 aliphatic heterocycles. The first-order chi connectivity index (χ1) is 12.7. The molecule has 7 heteroatoms. The number of nitrogens with zero attached hydrogens (tertiary/aromatic N) is 3. The van der Waals surface area contributed by atoms with Gasteiger partial charge in [-0.25, -0.2) is 0 Å². The highest BCUT2D eigenvalue weighted by Gasteiger charge is 2.17. The Kier molecular flexibility index (Phi) is 5.91. The van der Waals surface area contributed by atoms with Gasteiger partial charge in [-0.15, -0.1) is 10.2 Å². The molecular weight excluding hydrogens is 348 g/mol. The minimum atomic E-state index is -0.287. The lowest BCUT2D eigenvalue weighted by Crippen LogP contribution is -2.22. The molecule has 0 fully saturated rings. The van der Waals surface area contributed by atoms with Gasteiger partial charge in [-0.05, 0) is 50.2 Å². The van der Waals surface area contributed by atoms with E-state index in [1.54, 1.807) is 6.33 Å². The van der Waals surface area contributed by atoms with Gasteiger partial charge in [0.25, 0.3) is 0 Å². The predicted octanol–water partition coefficient (Wildman–Crippen LogP) is 4.21. The number of ether oxygens (including phenoxy) is 1. The first-order valence-electron chi connectivity index (χ1n) is 8.34. The zero-order chi connectivity index (χ0) is 18.4. The minimum absolute atomic E-state index is 0.0858. The number of hydrogen-bond donors (Lipinski definition) is 1. The Hall–Kier alpha value is -2.80. The lowest BCUT2D eigenvalue weighted by molar-refractivity contribution is -0.115. The van der Waals surface area contributed by atoms with Gasteiger partial charge < -0.3 is 14.6 Å². The molecule has 1 atom stereocenters. The fourth-order valence-electron chi connectivity index (χ4n) is 2.24. The summed E-state index contributed by atoms with van der Waals surface area (Å²) >= 11 is 1.39. The summed E-state index contributed by atoms with van der Waals surface area (Å²) in [6.07, 6.45) is 1.67. The predicted molar refractivity (Wildman–Crippen MR) is 103 cm³/mol. The second-order valence-corrected chi connectivity index (χ2v) is 6.90. The normalized spacial score (nSPS) is 11.8. The molecule has 1 aromatic heterocycles. The van der Waals surface area contributed by atoms with E-state index in [1.807, 2.05) is 73.0 Å². The molecule has 3 rings (SSSR count). The van der Waals surface area contributed by atoms with Gasteiger partial charge in [-0.1, -0.05) is 30.0 Å². The summed E-state index contributed by atoms with van der Waals surface area (Å²) < 4.78 is 7.65.